The van der Waals surface area contributed by atoms with Crippen molar-refractivity contribution in [3.05, 3.63) is 29.8 Å². The van der Waals surface area contributed by atoms with E-state index in [1.807, 2.05) is 0 Å². The number of hydrogen-bond donors (Lipinski definition) is 1. The lowest BCUT2D eigenvalue weighted by Gasteiger charge is -2.35. The highest BCUT2D eigenvalue weighted by molar-refractivity contribution is 5.27. The van der Waals surface area contributed by atoms with E-state index in [1.165, 1.54) is 18.4 Å². The molecule has 3 nitrogen and oxygen atoms in total. The van der Waals surface area contributed by atoms with Gasteiger partial charge in [0.25, 0.3) is 0 Å². The van der Waals surface area contributed by atoms with Gasteiger partial charge in [0, 0.05) is 19.2 Å². The van der Waals surface area contributed by atoms with Crippen LogP contribution in [0.15, 0.2) is 24.3 Å². The molecule has 0 radical (unpaired) electrons. The van der Waals surface area contributed by atoms with E-state index in [1.54, 1.807) is 0 Å². The Labute approximate surface area is 129 Å². The van der Waals surface area contributed by atoms with E-state index in [2.05, 4.69) is 43.4 Å². The van der Waals surface area contributed by atoms with Crippen LogP contribution in [0.25, 0.3) is 0 Å². The monoisotopic (exact) mass is 291 g/mol. The van der Waals surface area contributed by atoms with Crippen LogP contribution in [-0.4, -0.2) is 25.4 Å². The molecular formula is C18H29NO2. The first-order valence-electron chi connectivity index (χ1n) is 8.38. The van der Waals surface area contributed by atoms with Crippen molar-refractivity contribution in [3.8, 4) is 5.75 Å². The summed E-state index contributed by atoms with van der Waals surface area (Å²) in [5, 5.41) is 3.58. The highest BCUT2D eigenvalue weighted by Crippen LogP contribution is 2.23. The Morgan fingerprint density at radius 1 is 1.10 bits per heavy atom. The van der Waals surface area contributed by atoms with E-state index < -0.39 is 0 Å². The second-order valence-corrected chi connectivity index (χ2v) is 5.83. The average molecular weight is 291 g/mol. The summed E-state index contributed by atoms with van der Waals surface area (Å²) in [6, 6.07) is 9.08. The van der Waals surface area contributed by atoms with Crippen LogP contribution >= 0.6 is 0 Å². The molecule has 1 N–H and O–H groups in total. The van der Waals surface area contributed by atoms with Crippen LogP contribution in [0, 0.1) is 0 Å². The van der Waals surface area contributed by atoms with Crippen molar-refractivity contribution in [3.63, 3.8) is 0 Å². The molecule has 1 aliphatic carbocycles. The third-order valence-electron chi connectivity index (χ3n) is 4.03. The van der Waals surface area contributed by atoms with Crippen molar-refractivity contribution >= 4 is 0 Å². The molecule has 0 saturated heterocycles. The fourth-order valence-corrected chi connectivity index (χ4v) is 2.61. The number of unbranched alkanes of at least 4 members (excludes halogenated alkanes) is 2. The smallest absolute Gasteiger partial charge is 0.119 e. The second-order valence-electron chi connectivity index (χ2n) is 5.83. The first-order chi connectivity index (χ1) is 10.3. The van der Waals surface area contributed by atoms with E-state index in [-0.39, 0.29) is 0 Å². The van der Waals surface area contributed by atoms with E-state index in [9.17, 15) is 0 Å². The Morgan fingerprint density at radius 3 is 2.52 bits per heavy atom. The third kappa shape index (κ3) is 5.68. The van der Waals surface area contributed by atoms with Crippen molar-refractivity contribution in [2.24, 2.45) is 0 Å². The van der Waals surface area contributed by atoms with Crippen LogP contribution in [-0.2, 0) is 11.3 Å². The molecule has 0 aromatic heterocycles. The molecule has 2 rings (SSSR count). The standard InChI is InChI=1S/C18H29NO2/c1-3-5-6-11-21-17-9-7-15(8-10-17)14-19-16-12-18(13-16)20-4-2/h7-10,16,18-19H,3-6,11-14H2,1-2H3. The largest absolute Gasteiger partial charge is 0.494 e. The highest BCUT2D eigenvalue weighted by atomic mass is 16.5. The molecule has 0 atom stereocenters. The molecule has 0 heterocycles. The summed E-state index contributed by atoms with van der Waals surface area (Å²) in [4.78, 5) is 0. The predicted molar refractivity (Wildman–Crippen MR) is 86.7 cm³/mol. The SMILES string of the molecule is CCCCCOc1ccc(CNC2CC(OCC)C2)cc1. The van der Waals surface area contributed by atoms with E-state index in [0.717, 1.165) is 44.8 Å². The zero-order valence-corrected chi connectivity index (χ0v) is 13.4. The molecule has 21 heavy (non-hydrogen) atoms. The molecule has 3 heteroatoms. The first kappa shape index (κ1) is 16.3. The molecule has 0 bridgehead atoms. The van der Waals surface area contributed by atoms with Gasteiger partial charge in [-0.15, -0.1) is 0 Å². The molecule has 0 amide bonds. The van der Waals surface area contributed by atoms with Crippen LogP contribution in [0.5, 0.6) is 5.75 Å². The maximum Gasteiger partial charge on any atom is 0.119 e. The van der Waals surface area contributed by atoms with Crippen LogP contribution in [0.2, 0.25) is 0 Å². The summed E-state index contributed by atoms with van der Waals surface area (Å²) in [6.07, 6.45) is 6.39. The molecule has 1 aromatic carbocycles. The van der Waals surface area contributed by atoms with E-state index >= 15 is 0 Å². The highest BCUT2D eigenvalue weighted by Gasteiger charge is 2.28. The van der Waals surface area contributed by atoms with Crippen molar-refractivity contribution in [1.82, 2.24) is 5.32 Å². The summed E-state index contributed by atoms with van der Waals surface area (Å²) < 4.78 is 11.3. The van der Waals surface area contributed by atoms with Crippen LogP contribution < -0.4 is 10.1 Å². The fourth-order valence-electron chi connectivity index (χ4n) is 2.61. The Bertz CT molecular complexity index is 385. The predicted octanol–water partition coefficient (Wildman–Crippen LogP) is 3.91. The molecule has 0 aliphatic heterocycles. The summed E-state index contributed by atoms with van der Waals surface area (Å²) >= 11 is 0. The molecule has 0 spiro atoms. The lowest BCUT2D eigenvalue weighted by Crippen LogP contribution is -2.45. The molecular weight excluding hydrogens is 262 g/mol. The third-order valence-corrected chi connectivity index (χ3v) is 4.03. The van der Waals surface area contributed by atoms with Crippen molar-refractivity contribution in [2.45, 2.75) is 64.6 Å². The Hall–Kier alpha value is -1.06. The van der Waals surface area contributed by atoms with Crippen molar-refractivity contribution in [2.75, 3.05) is 13.2 Å². The average Bonchev–Trinajstić information content (AvgIpc) is 2.47. The summed E-state index contributed by atoms with van der Waals surface area (Å²) in [5.74, 6) is 0.981. The van der Waals surface area contributed by atoms with Crippen LogP contribution in [0.3, 0.4) is 0 Å². The van der Waals surface area contributed by atoms with Gasteiger partial charge in [0.05, 0.1) is 12.7 Å². The maximum atomic E-state index is 5.73. The van der Waals surface area contributed by atoms with Crippen molar-refractivity contribution < 1.29 is 9.47 Å². The van der Waals surface area contributed by atoms with Gasteiger partial charge in [0.2, 0.25) is 0 Å². The minimum Gasteiger partial charge on any atom is -0.494 e. The minimum absolute atomic E-state index is 0.478. The van der Waals surface area contributed by atoms with Gasteiger partial charge in [0.15, 0.2) is 0 Å². The van der Waals surface area contributed by atoms with Gasteiger partial charge < -0.3 is 14.8 Å². The van der Waals surface area contributed by atoms with E-state index in [0.29, 0.717) is 12.1 Å². The normalized spacial score (nSPS) is 21.0. The van der Waals surface area contributed by atoms with Gasteiger partial charge >= 0.3 is 0 Å². The lowest BCUT2D eigenvalue weighted by atomic mass is 9.89. The van der Waals surface area contributed by atoms with Gasteiger partial charge in [-0.05, 0) is 43.9 Å². The Morgan fingerprint density at radius 2 is 1.86 bits per heavy atom. The zero-order valence-electron chi connectivity index (χ0n) is 13.4. The molecule has 1 aromatic rings. The Kier molecular flexibility index (Phi) is 7.04. The van der Waals surface area contributed by atoms with Gasteiger partial charge in [-0.25, -0.2) is 0 Å². The molecule has 1 aliphatic rings. The molecule has 1 saturated carbocycles. The van der Waals surface area contributed by atoms with Gasteiger partial charge in [0.1, 0.15) is 5.75 Å². The quantitative estimate of drug-likeness (QED) is 0.663. The number of hydrogen-bond acceptors (Lipinski definition) is 3. The number of nitrogens with one attached hydrogen (secondary N) is 1. The van der Waals surface area contributed by atoms with Gasteiger partial charge in [-0.3, -0.25) is 0 Å². The Balaban J connectivity index is 1.61. The molecule has 118 valence electrons. The lowest BCUT2D eigenvalue weighted by molar-refractivity contribution is -0.0102. The topological polar surface area (TPSA) is 30.5 Å². The number of ether oxygens (including phenoxy) is 2. The zero-order chi connectivity index (χ0) is 14.9. The minimum atomic E-state index is 0.478. The number of benzene rings is 1. The molecule has 0 unspecified atom stereocenters. The van der Waals surface area contributed by atoms with Crippen LogP contribution in [0.1, 0.15) is 51.5 Å². The van der Waals surface area contributed by atoms with Gasteiger partial charge in [-0.1, -0.05) is 31.9 Å². The van der Waals surface area contributed by atoms with E-state index in [4.69, 9.17) is 9.47 Å². The number of rotatable bonds is 10. The fraction of sp³-hybridized carbons (Fsp3) is 0.667. The maximum absolute atomic E-state index is 5.73. The first-order valence-corrected chi connectivity index (χ1v) is 8.38. The van der Waals surface area contributed by atoms with Crippen LogP contribution in [0.4, 0.5) is 0 Å². The summed E-state index contributed by atoms with van der Waals surface area (Å²) in [7, 11) is 0. The summed E-state index contributed by atoms with van der Waals surface area (Å²) in [5.41, 5.74) is 1.32. The second kappa shape index (κ2) is 9.06. The summed E-state index contributed by atoms with van der Waals surface area (Å²) in [6.45, 7) is 6.86. The van der Waals surface area contributed by atoms with Gasteiger partial charge in [-0.2, -0.15) is 0 Å². The molecule has 1 fully saturated rings. The van der Waals surface area contributed by atoms with Crippen molar-refractivity contribution in [1.29, 1.82) is 0 Å².